The monoisotopic (exact) mass is 352 g/mol. The van der Waals surface area contributed by atoms with Crippen LogP contribution in [0, 0.1) is 12.7 Å². The molecule has 1 amide bonds. The molecule has 0 unspecified atom stereocenters. The van der Waals surface area contributed by atoms with Gasteiger partial charge in [0.2, 0.25) is 5.88 Å². The molecule has 132 valence electrons. The van der Waals surface area contributed by atoms with Gasteiger partial charge in [-0.05, 0) is 55.0 Å². The van der Waals surface area contributed by atoms with Crippen molar-refractivity contribution in [3.05, 3.63) is 78.2 Å². The van der Waals surface area contributed by atoms with Crippen molar-refractivity contribution in [3.63, 3.8) is 0 Å². The first kappa shape index (κ1) is 17.4. The van der Waals surface area contributed by atoms with Crippen LogP contribution in [0.3, 0.4) is 0 Å². The van der Waals surface area contributed by atoms with E-state index in [1.54, 1.807) is 18.2 Å². The van der Waals surface area contributed by atoms with Crippen LogP contribution in [-0.2, 0) is 4.79 Å². The average molecular weight is 352 g/mol. The second-order valence-corrected chi connectivity index (χ2v) is 5.59. The highest BCUT2D eigenvalue weighted by Crippen LogP contribution is 2.20. The summed E-state index contributed by atoms with van der Waals surface area (Å²) in [4.78, 5) is 16.1. The molecule has 1 heterocycles. The van der Waals surface area contributed by atoms with E-state index in [2.05, 4.69) is 10.3 Å². The molecule has 1 N–H and O–H groups in total. The van der Waals surface area contributed by atoms with Crippen LogP contribution in [0.4, 0.5) is 10.1 Å². The maximum Gasteiger partial charge on any atom is 0.262 e. The Morgan fingerprint density at radius 1 is 1.08 bits per heavy atom. The minimum absolute atomic E-state index is 0.0999. The van der Waals surface area contributed by atoms with Crippen LogP contribution in [0.1, 0.15) is 5.56 Å². The summed E-state index contributed by atoms with van der Waals surface area (Å²) in [5, 5.41) is 2.69. The molecule has 3 aromatic rings. The summed E-state index contributed by atoms with van der Waals surface area (Å²) >= 11 is 0. The van der Waals surface area contributed by atoms with Gasteiger partial charge >= 0.3 is 0 Å². The molecule has 5 nitrogen and oxygen atoms in total. The van der Waals surface area contributed by atoms with Crippen LogP contribution in [0.2, 0.25) is 0 Å². The first-order valence-corrected chi connectivity index (χ1v) is 7.97. The summed E-state index contributed by atoms with van der Waals surface area (Å²) in [7, 11) is 0. The Bertz CT molecular complexity index is 880. The highest BCUT2D eigenvalue weighted by Gasteiger charge is 2.05. The third-order valence-electron chi connectivity index (χ3n) is 3.42. The van der Waals surface area contributed by atoms with Gasteiger partial charge in [0.05, 0.1) is 11.9 Å². The van der Waals surface area contributed by atoms with Crippen molar-refractivity contribution in [2.75, 3.05) is 11.9 Å². The van der Waals surface area contributed by atoms with Gasteiger partial charge in [-0.3, -0.25) is 4.79 Å². The van der Waals surface area contributed by atoms with E-state index < -0.39 is 0 Å². The molecule has 2 aromatic carbocycles. The van der Waals surface area contributed by atoms with Crippen molar-refractivity contribution in [1.82, 2.24) is 4.98 Å². The van der Waals surface area contributed by atoms with Gasteiger partial charge in [0.25, 0.3) is 5.91 Å². The molecule has 0 atom stereocenters. The third-order valence-corrected chi connectivity index (χ3v) is 3.42. The summed E-state index contributed by atoms with van der Waals surface area (Å²) in [6, 6.07) is 16.4. The van der Waals surface area contributed by atoms with E-state index in [0.29, 0.717) is 23.1 Å². The topological polar surface area (TPSA) is 60.5 Å². The van der Waals surface area contributed by atoms with E-state index in [-0.39, 0.29) is 18.3 Å². The smallest absolute Gasteiger partial charge is 0.262 e. The second kappa shape index (κ2) is 8.11. The Kier molecular flexibility index (Phi) is 5.43. The molecule has 26 heavy (non-hydrogen) atoms. The lowest BCUT2D eigenvalue weighted by molar-refractivity contribution is -0.118. The SMILES string of the molecule is Cc1cccc(OCC(=O)Nc2ccc(Oc3ccc(F)cc3)nc2)c1. The van der Waals surface area contributed by atoms with Gasteiger partial charge in [0, 0.05) is 6.07 Å². The van der Waals surface area contributed by atoms with E-state index in [1.165, 1.54) is 30.5 Å². The summed E-state index contributed by atoms with van der Waals surface area (Å²) in [6.45, 7) is 1.85. The molecule has 3 rings (SSSR count). The van der Waals surface area contributed by atoms with Crippen molar-refractivity contribution >= 4 is 11.6 Å². The van der Waals surface area contributed by atoms with Crippen LogP contribution in [0.5, 0.6) is 17.4 Å². The molecule has 0 bridgehead atoms. The van der Waals surface area contributed by atoms with Crippen molar-refractivity contribution < 1.29 is 18.7 Å². The fraction of sp³-hybridized carbons (Fsp3) is 0.100. The number of carbonyl (C=O) groups is 1. The predicted octanol–water partition coefficient (Wildman–Crippen LogP) is 4.34. The van der Waals surface area contributed by atoms with E-state index >= 15 is 0 Å². The zero-order valence-electron chi connectivity index (χ0n) is 14.1. The fourth-order valence-corrected chi connectivity index (χ4v) is 2.19. The number of aromatic nitrogens is 1. The second-order valence-electron chi connectivity index (χ2n) is 5.59. The Morgan fingerprint density at radius 3 is 2.58 bits per heavy atom. The van der Waals surface area contributed by atoms with Crippen LogP contribution in [0.15, 0.2) is 66.9 Å². The lowest BCUT2D eigenvalue weighted by Gasteiger charge is -2.09. The Morgan fingerprint density at radius 2 is 1.88 bits per heavy atom. The van der Waals surface area contributed by atoms with Gasteiger partial charge in [0.1, 0.15) is 17.3 Å². The van der Waals surface area contributed by atoms with E-state index in [9.17, 15) is 9.18 Å². The van der Waals surface area contributed by atoms with Crippen molar-refractivity contribution in [1.29, 1.82) is 0 Å². The van der Waals surface area contributed by atoms with Gasteiger partial charge in [-0.25, -0.2) is 9.37 Å². The molecule has 0 spiro atoms. The zero-order chi connectivity index (χ0) is 18.4. The molecule has 0 aliphatic heterocycles. The van der Waals surface area contributed by atoms with E-state index in [4.69, 9.17) is 9.47 Å². The van der Waals surface area contributed by atoms with Crippen molar-refractivity contribution in [2.24, 2.45) is 0 Å². The van der Waals surface area contributed by atoms with Gasteiger partial charge in [-0.15, -0.1) is 0 Å². The van der Waals surface area contributed by atoms with E-state index in [0.717, 1.165) is 5.56 Å². The number of pyridine rings is 1. The molecular weight excluding hydrogens is 335 g/mol. The molecule has 0 saturated carbocycles. The highest BCUT2D eigenvalue weighted by atomic mass is 19.1. The van der Waals surface area contributed by atoms with E-state index in [1.807, 2.05) is 25.1 Å². The molecule has 0 saturated heterocycles. The lowest BCUT2D eigenvalue weighted by Crippen LogP contribution is -2.20. The van der Waals surface area contributed by atoms with Crippen LogP contribution in [0.25, 0.3) is 0 Å². The van der Waals surface area contributed by atoms with Crippen LogP contribution in [-0.4, -0.2) is 17.5 Å². The summed E-state index contributed by atoms with van der Waals surface area (Å²) < 4.78 is 23.8. The minimum atomic E-state index is -0.337. The summed E-state index contributed by atoms with van der Waals surface area (Å²) in [5.41, 5.74) is 1.58. The Labute approximate surface area is 150 Å². The van der Waals surface area contributed by atoms with Gasteiger partial charge in [-0.1, -0.05) is 12.1 Å². The van der Waals surface area contributed by atoms with Crippen molar-refractivity contribution in [3.8, 4) is 17.4 Å². The number of halogens is 1. The number of ether oxygens (including phenoxy) is 2. The molecule has 1 aromatic heterocycles. The molecule has 6 heteroatoms. The quantitative estimate of drug-likeness (QED) is 0.717. The van der Waals surface area contributed by atoms with Gasteiger partial charge in [0.15, 0.2) is 6.61 Å². The van der Waals surface area contributed by atoms with Gasteiger partial charge in [-0.2, -0.15) is 0 Å². The standard InChI is InChI=1S/C20H17FN2O3/c1-14-3-2-4-18(11-14)25-13-19(24)23-16-7-10-20(22-12-16)26-17-8-5-15(21)6-9-17/h2-12H,13H2,1H3,(H,23,24). The maximum atomic E-state index is 12.9. The number of nitrogens with one attached hydrogen (secondary N) is 1. The lowest BCUT2D eigenvalue weighted by atomic mass is 10.2. The zero-order valence-corrected chi connectivity index (χ0v) is 14.1. The largest absolute Gasteiger partial charge is 0.484 e. The molecular formula is C20H17FN2O3. The normalized spacial score (nSPS) is 10.2. The highest BCUT2D eigenvalue weighted by molar-refractivity contribution is 5.91. The number of rotatable bonds is 6. The summed E-state index contributed by atoms with van der Waals surface area (Å²) in [6.07, 6.45) is 1.48. The maximum absolute atomic E-state index is 12.9. The number of hydrogen-bond donors (Lipinski definition) is 1. The average Bonchev–Trinajstić information content (AvgIpc) is 2.64. The molecule has 0 aliphatic rings. The predicted molar refractivity (Wildman–Crippen MR) is 96.0 cm³/mol. The number of amides is 1. The van der Waals surface area contributed by atoms with Crippen LogP contribution < -0.4 is 14.8 Å². The number of nitrogens with zero attached hydrogens (tertiary/aromatic N) is 1. The fourth-order valence-electron chi connectivity index (χ4n) is 2.19. The molecule has 0 aliphatic carbocycles. The number of aryl methyl sites for hydroxylation is 1. The molecule has 0 radical (unpaired) electrons. The first-order valence-electron chi connectivity index (χ1n) is 7.97. The number of benzene rings is 2. The third kappa shape index (κ3) is 5.04. The number of carbonyl (C=O) groups excluding carboxylic acids is 1. The minimum Gasteiger partial charge on any atom is -0.484 e. The number of hydrogen-bond acceptors (Lipinski definition) is 4. The van der Waals surface area contributed by atoms with Gasteiger partial charge < -0.3 is 14.8 Å². The molecule has 0 fully saturated rings. The van der Waals surface area contributed by atoms with Crippen molar-refractivity contribution in [2.45, 2.75) is 6.92 Å². The number of anilines is 1. The Balaban J connectivity index is 1.51. The Hall–Kier alpha value is -3.41. The first-order chi connectivity index (χ1) is 12.6. The summed E-state index contributed by atoms with van der Waals surface area (Å²) in [5.74, 6) is 0.825. The van der Waals surface area contributed by atoms with Crippen LogP contribution >= 0.6 is 0 Å².